The van der Waals surface area contributed by atoms with E-state index in [1.807, 2.05) is 51.5 Å². The maximum atomic E-state index is 12.4. The Labute approximate surface area is 261 Å². The molecule has 5 rings (SSSR count). The normalized spacial score (nSPS) is 11.2. The van der Waals surface area contributed by atoms with Crippen LogP contribution in [0.1, 0.15) is 12.2 Å². The van der Waals surface area contributed by atoms with Gasteiger partial charge in [0, 0.05) is 56.4 Å². The van der Waals surface area contributed by atoms with Crippen molar-refractivity contribution in [2.45, 2.75) is 12.8 Å². The zero-order valence-corrected chi connectivity index (χ0v) is 25.9. The van der Waals surface area contributed by atoms with Crippen LogP contribution in [0.5, 0.6) is 5.75 Å². The number of hydrogen-bond donors (Lipinski definition) is 4. The molecule has 0 unspecified atom stereocenters. The zero-order valence-electron chi connectivity index (χ0n) is 25.9. The van der Waals surface area contributed by atoms with E-state index in [4.69, 9.17) is 19.1 Å². The van der Waals surface area contributed by atoms with Crippen LogP contribution in [0.3, 0.4) is 0 Å². The van der Waals surface area contributed by atoms with Crippen molar-refractivity contribution in [3.8, 4) is 28.4 Å². The summed E-state index contributed by atoms with van der Waals surface area (Å²) in [5.74, 6) is 1.27. The molecule has 2 aromatic carbocycles. The van der Waals surface area contributed by atoms with Gasteiger partial charge in [0.25, 0.3) is 0 Å². The first-order chi connectivity index (χ1) is 21.8. The van der Waals surface area contributed by atoms with Gasteiger partial charge in [0.1, 0.15) is 17.2 Å². The molecule has 12 heteroatoms. The number of imidazole rings is 1. The molecule has 0 atom stereocenters. The number of hydrogen-bond acceptors (Lipinski definition) is 10. The van der Waals surface area contributed by atoms with E-state index in [2.05, 4.69) is 37.0 Å². The number of methoxy groups -OCH3 is 1. The Morgan fingerprint density at radius 1 is 1.11 bits per heavy atom. The van der Waals surface area contributed by atoms with Crippen LogP contribution in [0.15, 0.2) is 72.0 Å². The van der Waals surface area contributed by atoms with E-state index in [1.165, 1.54) is 6.08 Å². The number of H-pyrrole nitrogens is 1. The fourth-order valence-electron chi connectivity index (χ4n) is 4.87. The van der Waals surface area contributed by atoms with Crippen LogP contribution in [-0.4, -0.2) is 83.8 Å². The molecule has 0 bridgehead atoms. The predicted molar refractivity (Wildman–Crippen MR) is 177 cm³/mol. The molecule has 0 spiro atoms. The zero-order chi connectivity index (χ0) is 31.9. The lowest BCUT2D eigenvalue weighted by molar-refractivity contribution is -0.111. The lowest BCUT2D eigenvalue weighted by atomic mass is 10.1. The molecule has 0 fully saturated rings. The second kappa shape index (κ2) is 14.1. The molecule has 12 nitrogen and oxygen atoms in total. The Kier molecular flexibility index (Phi) is 9.76. The number of aliphatic hydroxyl groups is 1. The third-order valence-electron chi connectivity index (χ3n) is 7.27. The molecule has 0 radical (unpaired) electrons. The average molecular weight is 611 g/mol. The van der Waals surface area contributed by atoms with E-state index in [0.29, 0.717) is 53.0 Å². The number of aromatic nitrogens is 4. The third kappa shape index (κ3) is 7.31. The Morgan fingerprint density at radius 3 is 2.71 bits per heavy atom. The Morgan fingerprint density at radius 2 is 1.96 bits per heavy atom. The van der Waals surface area contributed by atoms with Crippen molar-refractivity contribution in [2.75, 3.05) is 63.5 Å². The number of likely N-dealkylation sites (N-methyl/N-ethyl adjacent to an activating group) is 2. The topological polar surface area (TPSA) is 145 Å². The van der Waals surface area contributed by atoms with Crippen molar-refractivity contribution in [1.82, 2.24) is 24.8 Å². The van der Waals surface area contributed by atoms with Crippen LogP contribution in [0.4, 0.5) is 23.0 Å². The van der Waals surface area contributed by atoms with Gasteiger partial charge in [-0.1, -0.05) is 18.7 Å². The molecule has 0 saturated heterocycles. The fraction of sp³-hybridized carbons (Fsp3) is 0.273. The number of aliphatic hydroxyl groups excluding tert-OH is 1. The van der Waals surface area contributed by atoms with E-state index < -0.39 is 0 Å². The molecular formula is C33H38N8O4. The number of rotatable bonds is 14. The quantitative estimate of drug-likeness (QED) is 0.126. The van der Waals surface area contributed by atoms with Gasteiger partial charge in [0.05, 0.1) is 47.5 Å². The van der Waals surface area contributed by atoms with Gasteiger partial charge in [-0.15, -0.1) is 0 Å². The first-order valence-corrected chi connectivity index (χ1v) is 14.6. The smallest absolute Gasteiger partial charge is 0.247 e. The van der Waals surface area contributed by atoms with Crippen LogP contribution < -0.4 is 20.3 Å². The van der Waals surface area contributed by atoms with Crippen LogP contribution in [0, 0.1) is 0 Å². The van der Waals surface area contributed by atoms with Crippen molar-refractivity contribution in [1.29, 1.82) is 0 Å². The summed E-state index contributed by atoms with van der Waals surface area (Å²) in [4.78, 5) is 34.0. The van der Waals surface area contributed by atoms with Gasteiger partial charge in [-0.25, -0.2) is 15.0 Å². The monoisotopic (exact) mass is 610 g/mol. The number of ether oxygens (including phenoxy) is 1. The van der Waals surface area contributed by atoms with E-state index in [-0.39, 0.29) is 12.5 Å². The minimum atomic E-state index is -0.330. The number of aromatic amines is 1. The Balaban J connectivity index is 1.51. The minimum Gasteiger partial charge on any atom is -0.494 e. The highest BCUT2D eigenvalue weighted by atomic mass is 16.5. The number of aryl methyl sites for hydroxylation is 1. The number of nitrogens with one attached hydrogen (secondary N) is 3. The number of carbonyl (C=O) groups is 1. The van der Waals surface area contributed by atoms with Gasteiger partial charge >= 0.3 is 0 Å². The van der Waals surface area contributed by atoms with Crippen molar-refractivity contribution in [2.24, 2.45) is 0 Å². The van der Waals surface area contributed by atoms with Crippen LogP contribution >= 0.6 is 0 Å². The second-order valence-corrected chi connectivity index (χ2v) is 10.8. The summed E-state index contributed by atoms with van der Waals surface area (Å²) in [6.07, 6.45) is 5.70. The standard InChI is InChI=1S/C33H38N8O4/c1-6-30(43)35-24-19-25(28(44-5)20-26(24)41(4)15-14-40(2)3)37-33-34-13-11-23(36-33)32-31(38-29(39-32)8-7-16-42)22-10-9-21-12-17-45-27(21)18-22/h6,9-13,17-20,42H,1,7-8,14-16H2,2-5H3,(H,35,43)(H,38,39)(H,34,36,37). The molecule has 3 aromatic heterocycles. The summed E-state index contributed by atoms with van der Waals surface area (Å²) in [6.45, 7) is 5.20. The lowest BCUT2D eigenvalue weighted by Crippen LogP contribution is -2.29. The van der Waals surface area contributed by atoms with Crippen LogP contribution in [0.2, 0.25) is 0 Å². The van der Waals surface area contributed by atoms with E-state index in [0.717, 1.165) is 41.1 Å². The number of carbonyl (C=O) groups excluding carboxylic acids is 1. The van der Waals surface area contributed by atoms with Gasteiger partial charge in [0.2, 0.25) is 11.9 Å². The molecule has 4 N–H and O–H groups in total. The molecule has 3 heterocycles. The van der Waals surface area contributed by atoms with Gasteiger partial charge in [-0.3, -0.25) is 4.79 Å². The molecule has 45 heavy (non-hydrogen) atoms. The summed E-state index contributed by atoms with van der Waals surface area (Å²) in [6, 6.07) is 13.3. The number of amides is 1. The molecule has 5 aromatic rings. The Hall–Kier alpha value is -5.20. The highest BCUT2D eigenvalue weighted by Gasteiger charge is 2.19. The average Bonchev–Trinajstić information content (AvgIpc) is 3.70. The first-order valence-electron chi connectivity index (χ1n) is 14.6. The molecule has 0 saturated carbocycles. The summed E-state index contributed by atoms with van der Waals surface area (Å²) < 4.78 is 11.4. The minimum absolute atomic E-state index is 0.0621. The van der Waals surface area contributed by atoms with Crippen LogP contribution in [-0.2, 0) is 11.2 Å². The molecular weight excluding hydrogens is 572 g/mol. The first kappa shape index (κ1) is 31.2. The fourth-order valence-corrected chi connectivity index (χ4v) is 4.87. The van der Waals surface area contributed by atoms with Crippen molar-refractivity contribution in [3.63, 3.8) is 0 Å². The maximum absolute atomic E-state index is 12.4. The summed E-state index contributed by atoms with van der Waals surface area (Å²) in [5, 5.41) is 16.6. The Bertz CT molecular complexity index is 1790. The number of benzene rings is 2. The van der Waals surface area contributed by atoms with Gasteiger partial charge < -0.3 is 39.7 Å². The van der Waals surface area contributed by atoms with E-state index in [9.17, 15) is 9.90 Å². The summed E-state index contributed by atoms with van der Waals surface area (Å²) in [5.41, 5.74) is 5.59. The van der Waals surface area contributed by atoms with E-state index >= 15 is 0 Å². The number of anilines is 4. The van der Waals surface area contributed by atoms with Crippen LogP contribution in [0.25, 0.3) is 33.6 Å². The number of furan rings is 1. The van der Waals surface area contributed by atoms with Crippen molar-refractivity contribution in [3.05, 3.63) is 73.4 Å². The van der Waals surface area contributed by atoms with Gasteiger partial charge in [-0.05, 0) is 50.9 Å². The highest BCUT2D eigenvalue weighted by molar-refractivity contribution is 6.02. The lowest BCUT2D eigenvalue weighted by Gasteiger charge is -2.26. The second-order valence-electron chi connectivity index (χ2n) is 10.8. The van der Waals surface area contributed by atoms with Gasteiger partial charge in [-0.2, -0.15) is 0 Å². The molecule has 0 aliphatic carbocycles. The largest absolute Gasteiger partial charge is 0.494 e. The summed E-state index contributed by atoms with van der Waals surface area (Å²) in [7, 11) is 7.57. The maximum Gasteiger partial charge on any atom is 0.247 e. The molecule has 0 aliphatic heterocycles. The van der Waals surface area contributed by atoms with Crippen molar-refractivity contribution < 1.29 is 19.1 Å². The summed E-state index contributed by atoms with van der Waals surface area (Å²) >= 11 is 0. The molecule has 0 aliphatic rings. The van der Waals surface area contributed by atoms with Gasteiger partial charge in [0.15, 0.2) is 0 Å². The number of nitrogens with zero attached hydrogens (tertiary/aromatic N) is 5. The number of fused-ring (bicyclic) bond motifs is 1. The van der Waals surface area contributed by atoms with Crippen molar-refractivity contribution >= 4 is 39.9 Å². The van der Waals surface area contributed by atoms with E-state index in [1.54, 1.807) is 31.7 Å². The highest BCUT2D eigenvalue weighted by Crippen LogP contribution is 2.38. The molecule has 1 amide bonds. The molecule has 234 valence electrons. The third-order valence-corrected chi connectivity index (χ3v) is 7.27. The SMILES string of the molecule is C=CC(=O)Nc1cc(Nc2nccc(-c3[nH]c(CCCO)nc3-c3ccc4ccoc4c3)n2)c(OC)cc1N(C)CCN(C)C. The predicted octanol–water partition coefficient (Wildman–Crippen LogP) is 5.08.